The highest BCUT2D eigenvalue weighted by atomic mass is 14.5. The van der Waals surface area contributed by atoms with Gasteiger partial charge in [0.25, 0.3) is 0 Å². The Balaban J connectivity index is 1.50. The van der Waals surface area contributed by atoms with Crippen LogP contribution in [0.4, 0.5) is 0 Å². The van der Waals surface area contributed by atoms with Crippen LogP contribution >= 0.6 is 0 Å². The van der Waals surface area contributed by atoms with Crippen LogP contribution < -0.4 is 16.4 Å². The van der Waals surface area contributed by atoms with Crippen LogP contribution in [0.3, 0.4) is 0 Å². The molecule has 0 saturated carbocycles. The van der Waals surface area contributed by atoms with E-state index in [0.29, 0.717) is 0 Å². The average molecular weight is 701 g/mol. The average Bonchev–Trinajstić information content (AvgIpc) is 3.77. The third-order valence-corrected chi connectivity index (χ3v) is 12.3. The molecule has 7 aromatic rings. The van der Waals surface area contributed by atoms with E-state index in [1.54, 1.807) is 0 Å². The van der Waals surface area contributed by atoms with E-state index in [9.17, 15) is 0 Å². The van der Waals surface area contributed by atoms with Crippen LogP contribution in [0.15, 0.2) is 97.1 Å². The zero-order valence-electron chi connectivity index (χ0n) is 34.4. The van der Waals surface area contributed by atoms with Crippen LogP contribution in [0.25, 0.3) is 32.7 Å². The number of rotatable bonds is 6. The number of hydrogen-bond acceptors (Lipinski definition) is 0. The van der Waals surface area contributed by atoms with Crippen LogP contribution in [-0.2, 0) is 0 Å². The molecule has 0 fully saturated rings. The fraction of sp³-hybridized carbons (Fsp3) is 0.245. The molecule has 0 aliphatic heterocycles. The molecular weight excluding hydrogens is 647 g/mol. The van der Waals surface area contributed by atoms with Gasteiger partial charge in [0.1, 0.15) is 0 Å². The van der Waals surface area contributed by atoms with Crippen LogP contribution in [-0.4, -0.2) is 6.71 Å². The van der Waals surface area contributed by atoms with Crippen molar-refractivity contribution in [2.45, 2.75) is 89.0 Å². The molecule has 7 aromatic carbocycles. The minimum Gasteiger partial charge on any atom is -0.0628 e. The van der Waals surface area contributed by atoms with Gasteiger partial charge in [-0.2, -0.15) is 0 Å². The van der Waals surface area contributed by atoms with Gasteiger partial charge in [-0.3, -0.25) is 0 Å². The summed E-state index contributed by atoms with van der Waals surface area (Å²) < 4.78 is 0. The standard InChI is InChI=1S/C53H53B/c1-29-21-33(5)45(34(6)22-29)48-49(46-35(7)23-30(2)24-36(46)8)50(48)47-41-17-13-15-19-43(41)53(44-20-16-14-18-42(44)47)54(51-37(9)25-31(3)26-38(51)10)52-39(11)27-32(4)28-40(52)12/h13-28,50H,1-12H3. The van der Waals surface area contributed by atoms with E-state index >= 15 is 0 Å². The van der Waals surface area contributed by atoms with E-state index in [1.807, 2.05) is 0 Å². The SMILES string of the molecule is Cc1cc(C)c(B(c2c(C)cc(C)cc2C)c2c3ccccc3c(C3C(c4c(C)cc(C)cc4C)=C3c3c(C)cc(C)cc3C)c3ccccc23)c(C)c1. The molecule has 0 heterocycles. The summed E-state index contributed by atoms with van der Waals surface area (Å²) in [4.78, 5) is 0. The van der Waals surface area contributed by atoms with Crippen molar-refractivity contribution >= 4 is 55.8 Å². The number of fused-ring (bicyclic) bond motifs is 2. The van der Waals surface area contributed by atoms with Gasteiger partial charge in [0.05, 0.1) is 0 Å². The van der Waals surface area contributed by atoms with Crippen molar-refractivity contribution in [1.29, 1.82) is 0 Å². The first kappa shape index (κ1) is 35.9. The second-order valence-corrected chi connectivity index (χ2v) is 16.8. The Morgan fingerprint density at radius 3 is 0.926 bits per heavy atom. The Kier molecular flexibility index (Phi) is 8.84. The second kappa shape index (κ2) is 13.3. The maximum absolute atomic E-state index is 2.42. The summed E-state index contributed by atoms with van der Waals surface area (Å²) in [5.41, 5.74) is 27.8. The summed E-state index contributed by atoms with van der Waals surface area (Å²) in [5, 5.41) is 5.44. The summed E-state index contributed by atoms with van der Waals surface area (Å²) in [6.07, 6.45) is 0. The molecule has 0 aromatic heterocycles. The zero-order chi connectivity index (χ0) is 38.3. The van der Waals surface area contributed by atoms with E-state index in [1.165, 1.54) is 133 Å². The minimum absolute atomic E-state index is 0.0735. The summed E-state index contributed by atoms with van der Waals surface area (Å²) in [6.45, 7) is 27.5. The van der Waals surface area contributed by atoms with Crippen LogP contribution in [0, 0.1) is 83.1 Å². The fourth-order valence-electron chi connectivity index (χ4n) is 10.8. The van der Waals surface area contributed by atoms with Crippen molar-refractivity contribution in [3.05, 3.63) is 181 Å². The van der Waals surface area contributed by atoms with Gasteiger partial charge in [0.2, 0.25) is 6.71 Å². The number of hydrogen-bond donors (Lipinski definition) is 0. The summed E-state index contributed by atoms with van der Waals surface area (Å²) in [6, 6.07) is 37.7. The first-order valence-corrected chi connectivity index (χ1v) is 19.8. The first-order chi connectivity index (χ1) is 25.8. The van der Waals surface area contributed by atoms with Gasteiger partial charge < -0.3 is 0 Å². The van der Waals surface area contributed by atoms with Gasteiger partial charge in [-0.15, -0.1) is 0 Å². The van der Waals surface area contributed by atoms with Gasteiger partial charge >= 0.3 is 0 Å². The van der Waals surface area contributed by atoms with Crippen molar-refractivity contribution in [2.24, 2.45) is 0 Å². The van der Waals surface area contributed by atoms with E-state index in [4.69, 9.17) is 0 Å². The Bertz CT molecular complexity index is 2460. The van der Waals surface area contributed by atoms with E-state index in [2.05, 4.69) is 180 Å². The maximum atomic E-state index is 2.42. The Labute approximate surface area is 324 Å². The molecule has 0 N–H and O–H groups in total. The molecule has 0 atom stereocenters. The molecular formula is C53H53B. The normalized spacial score (nSPS) is 13.0. The molecule has 268 valence electrons. The van der Waals surface area contributed by atoms with Gasteiger partial charge in [-0.25, -0.2) is 0 Å². The van der Waals surface area contributed by atoms with E-state index < -0.39 is 0 Å². The van der Waals surface area contributed by atoms with Crippen LogP contribution in [0.5, 0.6) is 0 Å². The molecule has 0 saturated heterocycles. The fourth-order valence-corrected chi connectivity index (χ4v) is 10.8. The maximum Gasteiger partial charge on any atom is 0.244 e. The third-order valence-electron chi connectivity index (χ3n) is 12.3. The summed E-state index contributed by atoms with van der Waals surface area (Å²) in [7, 11) is 0. The molecule has 0 bridgehead atoms. The summed E-state index contributed by atoms with van der Waals surface area (Å²) >= 11 is 0. The van der Waals surface area contributed by atoms with Crippen molar-refractivity contribution in [3.63, 3.8) is 0 Å². The highest BCUT2D eigenvalue weighted by Gasteiger charge is 2.44. The quantitative estimate of drug-likeness (QED) is 0.120. The molecule has 0 amide bonds. The monoisotopic (exact) mass is 700 g/mol. The highest BCUT2D eigenvalue weighted by Crippen LogP contribution is 2.63. The second-order valence-electron chi connectivity index (χ2n) is 16.8. The van der Waals surface area contributed by atoms with Gasteiger partial charge in [0.15, 0.2) is 0 Å². The predicted molar refractivity (Wildman–Crippen MR) is 238 cm³/mol. The molecule has 0 radical (unpaired) electrons. The van der Waals surface area contributed by atoms with Crippen LogP contribution in [0.1, 0.15) is 89.4 Å². The molecule has 1 heteroatoms. The molecule has 0 nitrogen and oxygen atoms in total. The van der Waals surface area contributed by atoms with Gasteiger partial charge in [-0.1, -0.05) is 158 Å². The lowest BCUT2D eigenvalue weighted by Crippen LogP contribution is -2.56. The predicted octanol–water partition coefficient (Wildman–Crippen LogP) is 11.9. The topological polar surface area (TPSA) is 0 Å². The zero-order valence-corrected chi connectivity index (χ0v) is 34.4. The Morgan fingerprint density at radius 2 is 0.611 bits per heavy atom. The molecule has 8 rings (SSSR count). The molecule has 1 aliphatic carbocycles. The van der Waals surface area contributed by atoms with Gasteiger partial charge in [-0.05, 0) is 155 Å². The summed E-state index contributed by atoms with van der Waals surface area (Å²) in [5.74, 6) is 0.193. The highest BCUT2D eigenvalue weighted by molar-refractivity contribution is 6.99. The molecule has 1 aliphatic rings. The first-order valence-electron chi connectivity index (χ1n) is 19.8. The minimum atomic E-state index is 0.0735. The van der Waals surface area contributed by atoms with E-state index in [0.717, 1.165) is 0 Å². The smallest absolute Gasteiger partial charge is 0.0628 e. The Hall–Kier alpha value is -5.14. The van der Waals surface area contributed by atoms with E-state index in [-0.39, 0.29) is 12.6 Å². The van der Waals surface area contributed by atoms with Crippen LogP contribution in [0.2, 0.25) is 0 Å². The van der Waals surface area contributed by atoms with Gasteiger partial charge in [0, 0.05) is 5.92 Å². The van der Waals surface area contributed by atoms with Crippen molar-refractivity contribution in [1.82, 2.24) is 0 Å². The lowest BCUT2D eigenvalue weighted by molar-refractivity contribution is 1.23. The lowest BCUT2D eigenvalue weighted by Gasteiger charge is -2.28. The number of allylic oxidation sites excluding steroid dienone is 2. The van der Waals surface area contributed by atoms with Crippen molar-refractivity contribution < 1.29 is 0 Å². The van der Waals surface area contributed by atoms with Crippen molar-refractivity contribution in [2.75, 3.05) is 0 Å². The lowest BCUT2D eigenvalue weighted by atomic mass is 9.33. The largest absolute Gasteiger partial charge is 0.244 e. The van der Waals surface area contributed by atoms with Crippen molar-refractivity contribution in [3.8, 4) is 0 Å². The number of aryl methyl sites for hydroxylation is 12. The Morgan fingerprint density at radius 1 is 0.333 bits per heavy atom. The molecule has 0 spiro atoms. The molecule has 54 heavy (non-hydrogen) atoms. The molecule has 0 unspecified atom stereocenters. The third kappa shape index (κ3) is 5.76. The number of benzene rings is 7.